The molecule has 0 amide bonds. The van der Waals surface area contributed by atoms with Gasteiger partial charge in [0.1, 0.15) is 0 Å². The van der Waals surface area contributed by atoms with Gasteiger partial charge in [0, 0.05) is 36.8 Å². The molecular weight excluding hydrogens is 350 g/mol. The van der Waals surface area contributed by atoms with Crippen LogP contribution in [0.1, 0.15) is 34.0 Å². The van der Waals surface area contributed by atoms with Gasteiger partial charge >= 0.3 is 0 Å². The molecule has 120 valence electrons. The Balaban J connectivity index is 1.86. The maximum Gasteiger partial charge on any atom is 0.0782 e. The Morgan fingerprint density at radius 3 is 2.74 bits per heavy atom. The van der Waals surface area contributed by atoms with Gasteiger partial charge in [0.15, 0.2) is 0 Å². The smallest absolute Gasteiger partial charge is 0.0782 e. The summed E-state index contributed by atoms with van der Waals surface area (Å²) in [6.07, 6.45) is 4.12. The van der Waals surface area contributed by atoms with Crippen LogP contribution in [0.4, 0.5) is 0 Å². The Labute approximate surface area is 146 Å². The topological polar surface area (TPSA) is 28.2 Å². The quantitative estimate of drug-likeness (QED) is 0.833. The lowest BCUT2D eigenvalue weighted by Crippen LogP contribution is -2.45. The second-order valence-electron chi connectivity index (χ2n) is 6.59. The Morgan fingerprint density at radius 1 is 1.13 bits per heavy atom. The van der Waals surface area contributed by atoms with E-state index in [2.05, 4.69) is 57.3 Å². The van der Waals surface area contributed by atoms with Crippen molar-refractivity contribution in [3.05, 3.63) is 62.9 Å². The zero-order valence-electron chi connectivity index (χ0n) is 13.5. The minimum Gasteiger partial charge on any atom is -0.314 e. The van der Waals surface area contributed by atoms with Crippen LogP contribution in [0.2, 0.25) is 0 Å². The first-order valence-electron chi connectivity index (χ1n) is 8.41. The molecule has 1 fully saturated rings. The molecular formula is C19H22BrN3. The van der Waals surface area contributed by atoms with Crippen molar-refractivity contribution in [2.45, 2.75) is 25.8 Å². The van der Waals surface area contributed by atoms with Gasteiger partial charge in [-0.3, -0.25) is 9.88 Å². The fourth-order valence-electron chi connectivity index (χ4n) is 3.88. The van der Waals surface area contributed by atoms with E-state index in [1.54, 1.807) is 0 Å². The summed E-state index contributed by atoms with van der Waals surface area (Å²) in [6, 6.07) is 9.49. The van der Waals surface area contributed by atoms with Crippen molar-refractivity contribution in [1.82, 2.24) is 15.2 Å². The maximum atomic E-state index is 4.85. The van der Waals surface area contributed by atoms with E-state index >= 15 is 0 Å². The van der Waals surface area contributed by atoms with Gasteiger partial charge in [-0.1, -0.05) is 23.8 Å². The average molecular weight is 372 g/mol. The third kappa shape index (κ3) is 2.95. The van der Waals surface area contributed by atoms with Crippen LogP contribution in [0.15, 0.2) is 34.9 Å². The van der Waals surface area contributed by atoms with Crippen molar-refractivity contribution in [2.75, 3.05) is 26.2 Å². The monoisotopic (exact) mass is 371 g/mol. The lowest BCUT2D eigenvalue weighted by molar-refractivity contribution is 0.195. The van der Waals surface area contributed by atoms with Crippen molar-refractivity contribution in [2.24, 2.45) is 0 Å². The van der Waals surface area contributed by atoms with E-state index in [9.17, 15) is 0 Å². The number of nitrogens with one attached hydrogen (secondary N) is 1. The van der Waals surface area contributed by atoms with Crippen LogP contribution < -0.4 is 5.32 Å². The highest BCUT2D eigenvalue weighted by Gasteiger charge is 2.30. The molecule has 1 aromatic heterocycles. The van der Waals surface area contributed by atoms with Crippen LogP contribution in [0.3, 0.4) is 0 Å². The third-order valence-electron chi connectivity index (χ3n) is 5.00. The lowest BCUT2D eigenvalue weighted by atomic mass is 9.95. The highest BCUT2D eigenvalue weighted by atomic mass is 79.9. The summed E-state index contributed by atoms with van der Waals surface area (Å²) >= 11 is 3.59. The van der Waals surface area contributed by atoms with E-state index in [1.165, 1.54) is 27.9 Å². The van der Waals surface area contributed by atoms with Gasteiger partial charge in [-0.15, -0.1) is 0 Å². The minimum atomic E-state index is 0.290. The number of halogens is 1. The van der Waals surface area contributed by atoms with Gasteiger partial charge in [0.2, 0.25) is 0 Å². The van der Waals surface area contributed by atoms with E-state index in [4.69, 9.17) is 4.98 Å². The normalized spacial score (nSPS) is 21.4. The molecule has 2 heterocycles. The van der Waals surface area contributed by atoms with Crippen molar-refractivity contribution in [1.29, 1.82) is 0 Å². The fraction of sp³-hybridized carbons (Fsp3) is 0.421. The van der Waals surface area contributed by atoms with Crippen LogP contribution in [0.5, 0.6) is 0 Å². The molecule has 2 aromatic rings. The zero-order valence-corrected chi connectivity index (χ0v) is 15.1. The van der Waals surface area contributed by atoms with Crippen LogP contribution >= 0.6 is 15.9 Å². The summed E-state index contributed by atoms with van der Waals surface area (Å²) in [5.41, 5.74) is 6.92. The van der Waals surface area contributed by atoms with Gasteiger partial charge in [0.05, 0.1) is 11.7 Å². The average Bonchev–Trinajstić information content (AvgIpc) is 2.72. The van der Waals surface area contributed by atoms with Gasteiger partial charge in [-0.25, -0.2) is 0 Å². The second kappa shape index (κ2) is 6.34. The molecule has 0 spiro atoms. The molecule has 4 heteroatoms. The Kier molecular flexibility index (Phi) is 4.22. The van der Waals surface area contributed by atoms with Crippen LogP contribution in [-0.4, -0.2) is 36.1 Å². The highest BCUT2D eigenvalue weighted by molar-refractivity contribution is 9.10. The molecule has 1 N–H and O–H groups in total. The molecule has 3 nitrogen and oxygen atoms in total. The molecule has 1 atom stereocenters. The van der Waals surface area contributed by atoms with Crippen molar-refractivity contribution in [3.8, 4) is 0 Å². The number of aryl methyl sites for hydroxylation is 3. The number of hydrogen-bond donors (Lipinski definition) is 1. The van der Waals surface area contributed by atoms with Gasteiger partial charge < -0.3 is 5.32 Å². The summed E-state index contributed by atoms with van der Waals surface area (Å²) < 4.78 is 1.08. The molecule has 1 aliphatic heterocycles. The predicted molar refractivity (Wildman–Crippen MR) is 96.8 cm³/mol. The zero-order chi connectivity index (χ0) is 15.8. The number of pyridine rings is 1. The van der Waals surface area contributed by atoms with Gasteiger partial charge in [-0.2, -0.15) is 0 Å². The van der Waals surface area contributed by atoms with Crippen molar-refractivity contribution in [3.63, 3.8) is 0 Å². The standard InChI is InChI=1S/C19H22BrN3/c1-13-2-5-17-14(10-13)3-4-15-11-16(20)12-22-18(15)19(17)23-8-6-21-7-9-23/h2,5,10-12,19,21H,3-4,6-9H2,1H3/t19-/m1/s1. The minimum absolute atomic E-state index is 0.290. The third-order valence-corrected chi connectivity index (χ3v) is 5.43. The summed E-state index contributed by atoms with van der Waals surface area (Å²) in [5, 5.41) is 3.47. The van der Waals surface area contributed by atoms with Gasteiger partial charge in [0.25, 0.3) is 0 Å². The Bertz CT molecular complexity index is 669. The van der Waals surface area contributed by atoms with Crippen molar-refractivity contribution >= 4 is 15.9 Å². The first kappa shape index (κ1) is 15.3. The Morgan fingerprint density at radius 2 is 1.91 bits per heavy atom. The lowest BCUT2D eigenvalue weighted by Gasteiger charge is -2.35. The summed E-state index contributed by atoms with van der Waals surface area (Å²) in [6.45, 7) is 6.46. The molecule has 2 aliphatic rings. The molecule has 0 saturated carbocycles. The number of fused-ring (bicyclic) bond motifs is 2. The van der Waals surface area contributed by atoms with E-state index in [0.717, 1.165) is 43.5 Å². The van der Waals surface area contributed by atoms with E-state index in [0.29, 0.717) is 6.04 Å². The first-order valence-corrected chi connectivity index (χ1v) is 9.20. The fourth-order valence-corrected chi connectivity index (χ4v) is 4.26. The largest absolute Gasteiger partial charge is 0.314 e. The molecule has 0 bridgehead atoms. The number of rotatable bonds is 1. The second-order valence-corrected chi connectivity index (χ2v) is 7.50. The molecule has 1 aliphatic carbocycles. The number of aromatic nitrogens is 1. The summed E-state index contributed by atoms with van der Waals surface area (Å²) in [5.74, 6) is 0. The predicted octanol–water partition coefficient (Wildman–Crippen LogP) is 3.25. The molecule has 0 radical (unpaired) electrons. The van der Waals surface area contributed by atoms with E-state index in [1.807, 2.05) is 6.20 Å². The first-order chi connectivity index (χ1) is 11.2. The maximum absolute atomic E-state index is 4.85. The SMILES string of the molecule is Cc1ccc2c(c1)CCc1cc(Br)cnc1[C@@H]2N1CCNCC1. The summed E-state index contributed by atoms with van der Waals surface area (Å²) in [7, 11) is 0. The number of nitrogens with zero attached hydrogens (tertiary/aromatic N) is 2. The highest BCUT2D eigenvalue weighted by Crippen LogP contribution is 2.36. The number of hydrogen-bond acceptors (Lipinski definition) is 3. The number of piperazine rings is 1. The molecule has 1 saturated heterocycles. The van der Waals surface area contributed by atoms with Crippen LogP contribution in [0.25, 0.3) is 0 Å². The van der Waals surface area contributed by atoms with E-state index < -0.39 is 0 Å². The molecule has 4 rings (SSSR count). The molecule has 0 unspecified atom stereocenters. The van der Waals surface area contributed by atoms with Crippen molar-refractivity contribution < 1.29 is 0 Å². The van der Waals surface area contributed by atoms with E-state index in [-0.39, 0.29) is 0 Å². The summed E-state index contributed by atoms with van der Waals surface area (Å²) in [4.78, 5) is 7.44. The van der Waals surface area contributed by atoms with Gasteiger partial charge in [-0.05, 0) is 58.5 Å². The number of benzene rings is 1. The molecule has 23 heavy (non-hydrogen) atoms. The Hall–Kier alpha value is -1.23. The van der Waals surface area contributed by atoms with Crippen LogP contribution in [-0.2, 0) is 12.8 Å². The van der Waals surface area contributed by atoms with Crippen LogP contribution in [0, 0.1) is 6.92 Å². The molecule has 1 aromatic carbocycles.